The predicted molar refractivity (Wildman–Crippen MR) is 99.7 cm³/mol. The van der Waals surface area contributed by atoms with Crippen LogP contribution in [0.4, 0.5) is 0 Å². The Balaban J connectivity index is 1.72. The summed E-state index contributed by atoms with van der Waals surface area (Å²) in [5.74, 6) is -0.0107. The molecule has 0 fully saturated rings. The van der Waals surface area contributed by atoms with E-state index < -0.39 is 0 Å². The van der Waals surface area contributed by atoms with Gasteiger partial charge in [-0.1, -0.05) is 46.3 Å². The number of aromatic nitrogens is 1. The van der Waals surface area contributed by atoms with Crippen molar-refractivity contribution in [2.24, 2.45) is 0 Å². The normalized spacial score (nSPS) is 10.9. The quantitative estimate of drug-likeness (QED) is 0.358. The van der Waals surface area contributed by atoms with E-state index in [1.807, 2.05) is 65.5 Å². The van der Waals surface area contributed by atoms with Gasteiger partial charge in [0.1, 0.15) is 0 Å². The van der Waals surface area contributed by atoms with Gasteiger partial charge in [-0.3, -0.25) is 4.79 Å². The second kappa shape index (κ2) is 7.84. The van der Waals surface area contributed by atoms with E-state index in [0.717, 1.165) is 10.9 Å². The lowest BCUT2D eigenvalue weighted by atomic mass is 10.1. The lowest BCUT2D eigenvalue weighted by Crippen LogP contribution is -2.25. The largest absolute Gasteiger partial charge is 0.289 e. The molecule has 3 rings (SSSR count). The number of pyridine rings is 1. The molecule has 0 aliphatic rings. The Hall–Kier alpha value is -2.52. The van der Waals surface area contributed by atoms with E-state index >= 15 is 0 Å². The Kier molecular flexibility index (Phi) is 5.34. The van der Waals surface area contributed by atoms with Crippen LogP contribution >= 0.6 is 15.9 Å². The molecule has 1 heterocycles. The van der Waals surface area contributed by atoms with E-state index in [2.05, 4.69) is 34.1 Å². The summed E-state index contributed by atoms with van der Waals surface area (Å²) in [6.07, 6.45) is 8.23. The standard InChI is InChI=1S/C21H17BrNO/c22-20-10-8-19(9-11-20)21(24)12-14-23-13-4-7-18(16-23)15-17-5-2-1-3-6-17/h1-14,16H,15H2/q+1. The van der Waals surface area contributed by atoms with Crippen molar-refractivity contribution in [2.75, 3.05) is 0 Å². The molecule has 0 N–H and O–H groups in total. The predicted octanol–water partition coefficient (Wildman–Crippen LogP) is 4.68. The van der Waals surface area contributed by atoms with Crippen molar-refractivity contribution in [1.29, 1.82) is 0 Å². The summed E-state index contributed by atoms with van der Waals surface area (Å²) in [6, 6.07) is 21.8. The van der Waals surface area contributed by atoms with Crippen molar-refractivity contribution in [1.82, 2.24) is 0 Å². The minimum Gasteiger partial charge on any atom is -0.289 e. The Morgan fingerprint density at radius 2 is 1.62 bits per heavy atom. The molecule has 2 aromatic carbocycles. The molecule has 3 heteroatoms. The van der Waals surface area contributed by atoms with Crippen molar-refractivity contribution in [2.45, 2.75) is 6.42 Å². The summed E-state index contributed by atoms with van der Waals surface area (Å²) >= 11 is 3.37. The Morgan fingerprint density at radius 1 is 0.917 bits per heavy atom. The average molecular weight is 379 g/mol. The van der Waals surface area contributed by atoms with E-state index in [1.165, 1.54) is 11.1 Å². The van der Waals surface area contributed by atoms with Gasteiger partial charge in [-0.2, -0.15) is 4.57 Å². The van der Waals surface area contributed by atoms with Crippen LogP contribution < -0.4 is 4.57 Å². The summed E-state index contributed by atoms with van der Waals surface area (Å²) in [6.45, 7) is 0. The van der Waals surface area contributed by atoms with Gasteiger partial charge in [0.25, 0.3) is 0 Å². The fourth-order valence-corrected chi connectivity index (χ4v) is 2.70. The van der Waals surface area contributed by atoms with Gasteiger partial charge in [0.15, 0.2) is 24.4 Å². The molecule has 0 saturated carbocycles. The van der Waals surface area contributed by atoms with Crippen LogP contribution in [0.15, 0.2) is 89.7 Å². The van der Waals surface area contributed by atoms with Crippen LogP contribution in [0.5, 0.6) is 0 Å². The van der Waals surface area contributed by atoms with Gasteiger partial charge >= 0.3 is 0 Å². The highest BCUT2D eigenvalue weighted by Crippen LogP contribution is 2.11. The smallest absolute Gasteiger partial charge is 0.191 e. The van der Waals surface area contributed by atoms with Gasteiger partial charge in [-0.05, 0) is 35.9 Å². The maximum absolute atomic E-state index is 12.2. The average Bonchev–Trinajstić information content (AvgIpc) is 2.61. The first-order valence-electron chi connectivity index (χ1n) is 7.72. The van der Waals surface area contributed by atoms with Gasteiger partial charge in [0, 0.05) is 28.1 Å². The molecule has 118 valence electrons. The zero-order chi connectivity index (χ0) is 16.8. The third kappa shape index (κ3) is 4.49. The molecule has 0 amide bonds. The molecule has 3 aromatic rings. The second-order valence-electron chi connectivity index (χ2n) is 5.51. The zero-order valence-electron chi connectivity index (χ0n) is 13.1. The summed E-state index contributed by atoms with van der Waals surface area (Å²) < 4.78 is 2.88. The number of hydrogen-bond acceptors (Lipinski definition) is 1. The number of allylic oxidation sites excluding steroid dienone is 1. The molecule has 0 radical (unpaired) electrons. The van der Waals surface area contributed by atoms with Crippen LogP contribution in [-0.4, -0.2) is 5.78 Å². The number of nitrogens with zero attached hydrogens (tertiary/aromatic N) is 1. The first kappa shape index (κ1) is 16.3. The van der Waals surface area contributed by atoms with Gasteiger partial charge in [-0.25, -0.2) is 0 Å². The molecular weight excluding hydrogens is 362 g/mol. The molecule has 0 atom stereocenters. The lowest BCUT2D eigenvalue weighted by molar-refractivity contribution is -0.568. The number of carbonyl (C=O) groups excluding carboxylic acids is 1. The third-order valence-corrected chi connectivity index (χ3v) is 4.19. The summed E-state index contributed by atoms with van der Waals surface area (Å²) in [5, 5.41) is 0. The Labute approximate surface area is 150 Å². The van der Waals surface area contributed by atoms with Gasteiger partial charge < -0.3 is 0 Å². The molecule has 24 heavy (non-hydrogen) atoms. The van der Waals surface area contributed by atoms with E-state index in [-0.39, 0.29) is 5.78 Å². The molecule has 1 aromatic heterocycles. The maximum atomic E-state index is 12.2. The Bertz CT molecular complexity index is 855. The first-order chi connectivity index (χ1) is 11.7. The van der Waals surface area contributed by atoms with Crippen molar-refractivity contribution in [3.63, 3.8) is 0 Å². The minimum absolute atomic E-state index is 0.0107. The van der Waals surface area contributed by atoms with Crippen LogP contribution in [-0.2, 0) is 6.42 Å². The molecule has 0 spiro atoms. The molecule has 0 bridgehead atoms. The lowest BCUT2D eigenvalue weighted by Gasteiger charge is -1.99. The topological polar surface area (TPSA) is 20.9 Å². The van der Waals surface area contributed by atoms with E-state index in [0.29, 0.717) is 5.56 Å². The highest BCUT2D eigenvalue weighted by molar-refractivity contribution is 9.10. The SMILES string of the molecule is O=C(C=C[n+]1cccc(Cc2ccccc2)c1)c1ccc(Br)cc1. The van der Waals surface area contributed by atoms with Crippen LogP contribution in [0.3, 0.4) is 0 Å². The number of benzene rings is 2. The van der Waals surface area contributed by atoms with Crippen LogP contribution in [0.1, 0.15) is 21.5 Å². The van der Waals surface area contributed by atoms with Crippen LogP contribution in [0.25, 0.3) is 6.20 Å². The van der Waals surface area contributed by atoms with Crippen molar-refractivity contribution < 1.29 is 9.36 Å². The van der Waals surface area contributed by atoms with Gasteiger partial charge in [0.2, 0.25) is 0 Å². The van der Waals surface area contributed by atoms with E-state index in [4.69, 9.17) is 0 Å². The molecule has 0 unspecified atom stereocenters. The molecule has 0 saturated heterocycles. The van der Waals surface area contributed by atoms with E-state index in [9.17, 15) is 4.79 Å². The van der Waals surface area contributed by atoms with Crippen molar-refractivity contribution in [3.05, 3.63) is 106 Å². The zero-order valence-corrected chi connectivity index (χ0v) is 14.7. The molecule has 0 aliphatic carbocycles. The number of hydrogen-bond donors (Lipinski definition) is 0. The van der Waals surface area contributed by atoms with Gasteiger partial charge in [0.05, 0.1) is 6.08 Å². The highest BCUT2D eigenvalue weighted by atomic mass is 79.9. The maximum Gasteiger partial charge on any atom is 0.191 e. The fourth-order valence-electron chi connectivity index (χ4n) is 2.44. The fraction of sp³-hybridized carbons (Fsp3) is 0.0476. The van der Waals surface area contributed by atoms with Crippen LogP contribution in [0.2, 0.25) is 0 Å². The monoisotopic (exact) mass is 378 g/mol. The summed E-state index contributed by atoms with van der Waals surface area (Å²) in [5.41, 5.74) is 3.14. The second-order valence-corrected chi connectivity index (χ2v) is 6.42. The van der Waals surface area contributed by atoms with Crippen LogP contribution in [0, 0.1) is 0 Å². The van der Waals surface area contributed by atoms with E-state index in [1.54, 1.807) is 12.3 Å². The molecule has 2 nitrogen and oxygen atoms in total. The number of rotatable bonds is 5. The Morgan fingerprint density at radius 3 is 2.38 bits per heavy atom. The highest BCUT2D eigenvalue weighted by Gasteiger charge is 2.05. The van der Waals surface area contributed by atoms with Gasteiger partial charge in [-0.15, -0.1) is 0 Å². The van der Waals surface area contributed by atoms with Crippen molar-refractivity contribution in [3.8, 4) is 0 Å². The van der Waals surface area contributed by atoms with Crippen molar-refractivity contribution >= 4 is 27.9 Å². The first-order valence-corrected chi connectivity index (χ1v) is 8.52. The third-order valence-electron chi connectivity index (χ3n) is 3.66. The molecular formula is C21H17BrNO+. The number of halogens is 1. The molecule has 0 aliphatic heterocycles. The summed E-state index contributed by atoms with van der Waals surface area (Å²) in [4.78, 5) is 12.2. The number of ketones is 1. The number of carbonyl (C=O) groups is 1. The minimum atomic E-state index is -0.0107. The summed E-state index contributed by atoms with van der Waals surface area (Å²) in [7, 11) is 0.